The van der Waals surface area contributed by atoms with Gasteiger partial charge in [0.2, 0.25) is 5.95 Å². The van der Waals surface area contributed by atoms with Crippen molar-refractivity contribution in [2.24, 2.45) is 0 Å². The van der Waals surface area contributed by atoms with E-state index in [0.29, 0.717) is 22.5 Å². The van der Waals surface area contributed by atoms with Crippen molar-refractivity contribution in [3.05, 3.63) is 41.9 Å². The van der Waals surface area contributed by atoms with Crippen LogP contribution in [0.5, 0.6) is 5.75 Å². The highest BCUT2D eigenvalue weighted by Gasteiger charge is 2.18. The SMILES string of the molecule is Cc1cc2nccn2c(F)c1-c1ncc(O)c(C(C)C)n1. The lowest BCUT2D eigenvalue weighted by Gasteiger charge is -2.12. The Morgan fingerprint density at radius 2 is 2.05 bits per heavy atom. The predicted molar refractivity (Wildman–Crippen MR) is 76.7 cm³/mol. The van der Waals surface area contributed by atoms with Gasteiger partial charge in [-0.15, -0.1) is 0 Å². The number of rotatable bonds is 2. The summed E-state index contributed by atoms with van der Waals surface area (Å²) in [5, 5.41) is 9.80. The molecular formula is C15H15FN4O. The summed E-state index contributed by atoms with van der Waals surface area (Å²) in [6.45, 7) is 5.61. The van der Waals surface area contributed by atoms with E-state index >= 15 is 0 Å². The summed E-state index contributed by atoms with van der Waals surface area (Å²) in [6.07, 6.45) is 4.41. The number of aryl methyl sites for hydroxylation is 1. The lowest BCUT2D eigenvalue weighted by Crippen LogP contribution is -2.04. The van der Waals surface area contributed by atoms with Crippen LogP contribution in [0, 0.1) is 12.9 Å². The molecule has 0 fully saturated rings. The number of halogens is 1. The number of aromatic hydroxyl groups is 1. The molecule has 1 N–H and O–H groups in total. The first-order valence-corrected chi connectivity index (χ1v) is 6.67. The van der Waals surface area contributed by atoms with Crippen LogP contribution in [0.4, 0.5) is 4.39 Å². The molecule has 0 aromatic carbocycles. The van der Waals surface area contributed by atoms with E-state index in [0.717, 1.165) is 0 Å². The molecule has 0 bridgehead atoms. The minimum Gasteiger partial charge on any atom is -0.504 e. The first kappa shape index (κ1) is 13.5. The minimum absolute atomic E-state index is 0.0205. The quantitative estimate of drug-likeness (QED) is 0.735. The Kier molecular flexibility index (Phi) is 3.08. The van der Waals surface area contributed by atoms with Crippen LogP contribution >= 0.6 is 0 Å². The lowest BCUT2D eigenvalue weighted by molar-refractivity contribution is 0.456. The van der Waals surface area contributed by atoms with E-state index in [9.17, 15) is 9.50 Å². The Bertz CT molecular complexity index is 826. The van der Waals surface area contributed by atoms with E-state index in [2.05, 4.69) is 15.0 Å². The summed E-state index contributed by atoms with van der Waals surface area (Å²) in [4.78, 5) is 12.5. The van der Waals surface area contributed by atoms with E-state index < -0.39 is 5.95 Å². The van der Waals surface area contributed by atoms with Gasteiger partial charge in [0, 0.05) is 12.4 Å². The van der Waals surface area contributed by atoms with E-state index in [1.807, 2.05) is 13.8 Å². The molecule has 5 nitrogen and oxygen atoms in total. The van der Waals surface area contributed by atoms with Crippen molar-refractivity contribution >= 4 is 5.65 Å². The number of hydrogen-bond donors (Lipinski definition) is 1. The molecule has 0 unspecified atom stereocenters. The molecule has 3 heterocycles. The first-order chi connectivity index (χ1) is 9.99. The second kappa shape index (κ2) is 4.80. The fourth-order valence-corrected chi connectivity index (χ4v) is 2.34. The fourth-order valence-electron chi connectivity index (χ4n) is 2.34. The number of fused-ring (bicyclic) bond motifs is 1. The van der Waals surface area contributed by atoms with Crippen molar-refractivity contribution in [2.45, 2.75) is 26.7 Å². The van der Waals surface area contributed by atoms with Gasteiger partial charge in [-0.25, -0.2) is 15.0 Å². The van der Waals surface area contributed by atoms with Crippen molar-refractivity contribution in [3.63, 3.8) is 0 Å². The molecule has 0 saturated carbocycles. The summed E-state index contributed by atoms with van der Waals surface area (Å²) in [7, 11) is 0. The molecule has 0 radical (unpaired) electrons. The van der Waals surface area contributed by atoms with Crippen molar-refractivity contribution in [2.75, 3.05) is 0 Å². The molecule has 0 atom stereocenters. The molecule has 0 aliphatic carbocycles. The van der Waals surface area contributed by atoms with Crippen LogP contribution < -0.4 is 0 Å². The Labute approximate surface area is 121 Å². The molecule has 108 valence electrons. The smallest absolute Gasteiger partial charge is 0.210 e. The number of nitrogens with zero attached hydrogens (tertiary/aromatic N) is 4. The van der Waals surface area contributed by atoms with Gasteiger partial charge in [-0.1, -0.05) is 13.8 Å². The molecule has 0 saturated heterocycles. The Morgan fingerprint density at radius 3 is 2.76 bits per heavy atom. The van der Waals surface area contributed by atoms with Gasteiger partial charge in [-0.3, -0.25) is 4.40 Å². The Hall–Kier alpha value is -2.50. The molecular weight excluding hydrogens is 271 g/mol. The maximum absolute atomic E-state index is 14.7. The summed E-state index contributed by atoms with van der Waals surface area (Å²) in [5.41, 5.74) is 2.06. The molecule has 21 heavy (non-hydrogen) atoms. The van der Waals surface area contributed by atoms with Gasteiger partial charge < -0.3 is 5.11 Å². The van der Waals surface area contributed by atoms with Gasteiger partial charge in [0.25, 0.3) is 0 Å². The van der Waals surface area contributed by atoms with Crippen molar-refractivity contribution in [3.8, 4) is 17.1 Å². The maximum Gasteiger partial charge on any atom is 0.210 e. The highest BCUT2D eigenvalue weighted by Crippen LogP contribution is 2.29. The van der Waals surface area contributed by atoms with Crippen LogP contribution in [-0.4, -0.2) is 24.5 Å². The van der Waals surface area contributed by atoms with Crippen molar-refractivity contribution in [1.29, 1.82) is 0 Å². The Morgan fingerprint density at radius 1 is 1.29 bits per heavy atom. The monoisotopic (exact) mass is 286 g/mol. The molecule has 0 aliphatic rings. The zero-order chi connectivity index (χ0) is 15.1. The van der Waals surface area contributed by atoms with Crippen LogP contribution in [0.15, 0.2) is 24.7 Å². The van der Waals surface area contributed by atoms with Gasteiger partial charge in [0.15, 0.2) is 11.6 Å². The zero-order valence-corrected chi connectivity index (χ0v) is 12.0. The molecule has 3 rings (SSSR count). The molecule has 6 heteroatoms. The first-order valence-electron chi connectivity index (χ1n) is 6.67. The van der Waals surface area contributed by atoms with Crippen LogP contribution in [0.2, 0.25) is 0 Å². The molecule has 0 aliphatic heterocycles. The maximum atomic E-state index is 14.7. The molecule has 3 aromatic heterocycles. The Balaban J connectivity index is 2.27. The van der Waals surface area contributed by atoms with Gasteiger partial charge in [-0.2, -0.15) is 4.39 Å². The second-order valence-electron chi connectivity index (χ2n) is 5.27. The normalized spacial score (nSPS) is 11.5. The highest BCUT2D eigenvalue weighted by atomic mass is 19.1. The lowest BCUT2D eigenvalue weighted by atomic mass is 10.1. The number of imidazole rings is 1. The van der Waals surface area contributed by atoms with Crippen LogP contribution in [0.3, 0.4) is 0 Å². The van der Waals surface area contributed by atoms with Gasteiger partial charge in [0.1, 0.15) is 5.65 Å². The molecule has 3 aromatic rings. The molecule has 0 spiro atoms. The van der Waals surface area contributed by atoms with E-state index in [1.165, 1.54) is 10.6 Å². The van der Waals surface area contributed by atoms with Crippen LogP contribution in [0.1, 0.15) is 31.0 Å². The minimum atomic E-state index is -0.456. The largest absolute Gasteiger partial charge is 0.504 e. The summed E-state index contributed by atoms with van der Waals surface area (Å²) in [6, 6.07) is 1.78. The number of pyridine rings is 1. The highest BCUT2D eigenvalue weighted by molar-refractivity contribution is 5.64. The average molecular weight is 286 g/mol. The second-order valence-corrected chi connectivity index (χ2v) is 5.27. The van der Waals surface area contributed by atoms with Crippen molar-refractivity contribution < 1.29 is 9.50 Å². The van der Waals surface area contributed by atoms with Gasteiger partial charge in [-0.05, 0) is 24.5 Å². The summed E-state index contributed by atoms with van der Waals surface area (Å²) < 4.78 is 16.0. The summed E-state index contributed by atoms with van der Waals surface area (Å²) >= 11 is 0. The third-order valence-corrected chi connectivity index (χ3v) is 3.40. The zero-order valence-electron chi connectivity index (χ0n) is 12.0. The third kappa shape index (κ3) is 2.12. The third-order valence-electron chi connectivity index (χ3n) is 3.40. The fraction of sp³-hybridized carbons (Fsp3) is 0.267. The topological polar surface area (TPSA) is 63.3 Å². The summed E-state index contributed by atoms with van der Waals surface area (Å²) in [5.74, 6) is -0.146. The van der Waals surface area contributed by atoms with E-state index in [4.69, 9.17) is 0 Å². The van der Waals surface area contributed by atoms with E-state index in [1.54, 1.807) is 25.4 Å². The standard InChI is InChI=1S/C15H15FN4O/c1-8(2)13-10(21)7-18-15(19-13)12-9(3)6-11-17-4-5-20(11)14(12)16/h4-8,21H,1-3H3. The van der Waals surface area contributed by atoms with Crippen LogP contribution in [0.25, 0.3) is 17.0 Å². The number of aromatic nitrogens is 4. The molecule has 0 amide bonds. The van der Waals surface area contributed by atoms with E-state index in [-0.39, 0.29) is 17.5 Å². The van der Waals surface area contributed by atoms with Crippen LogP contribution in [-0.2, 0) is 0 Å². The average Bonchev–Trinajstić information content (AvgIpc) is 2.88. The predicted octanol–water partition coefficient (Wildman–Crippen LogP) is 3.07. The van der Waals surface area contributed by atoms with Crippen molar-refractivity contribution in [1.82, 2.24) is 19.4 Å². The van der Waals surface area contributed by atoms with Gasteiger partial charge in [0.05, 0.1) is 17.5 Å². The number of hydrogen-bond acceptors (Lipinski definition) is 4. The van der Waals surface area contributed by atoms with Gasteiger partial charge >= 0.3 is 0 Å².